The van der Waals surface area contributed by atoms with Gasteiger partial charge in [0.15, 0.2) is 0 Å². The molecular weight excluding hydrogens is 216 g/mol. The fraction of sp³-hybridized carbons (Fsp3) is 0.364. The predicted molar refractivity (Wildman–Crippen MR) is 56.2 cm³/mol. The van der Waals surface area contributed by atoms with E-state index < -0.39 is 18.0 Å². The highest BCUT2D eigenvalue weighted by atomic mass is 35.5. The quantitative estimate of drug-likeness (QED) is 0.768. The molecule has 0 bridgehead atoms. The number of aryl methyl sites for hydroxylation is 1. The smallest absolute Gasteiger partial charge is 0.313 e. The van der Waals surface area contributed by atoms with Gasteiger partial charge in [0, 0.05) is 5.02 Å². The number of hydrogen-bond acceptors (Lipinski definition) is 2. The molecule has 1 aliphatic carbocycles. The molecule has 0 heterocycles. The molecule has 1 aromatic rings. The lowest BCUT2D eigenvalue weighted by atomic mass is 9.81. The zero-order valence-electron chi connectivity index (χ0n) is 7.98. The summed E-state index contributed by atoms with van der Waals surface area (Å²) in [6.07, 6.45) is 0.386. The maximum atomic E-state index is 11.0. The number of aliphatic hydroxyl groups excluding tert-OH is 1. The lowest BCUT2D eigenvalue weighted by Crippen LogP contribution is -2.31. The number of hydrogen-bond donors (Lipinski definition) is 2. The van der Waals surface area contributed by atoms with Crippen molar-refractivity contribution < 1.29 is 15.0 Å². The molecule has 0 amide bonds. The summed E-state index contributed by atoms with van der Waals surface area (Å²) in [6.45, 7) is 0. The van der Waals surface area contributed by atoms with Gasteiger partial charge in [0.25, 0.3) is 0 Å². The summed E-state index contributed by atoms with van der Waals surface area (Å²) in [7, 11) is 0. The van der Waals surface area contributed by atoms with E-state index in [1.54, 1.807) is 12.1 Å². The second-order valence-corrected chi connectivity index (χ2v) is 4.20. The number of benzene rings is 1. The first-order valence-electron chi connectivity index (χ1n) is 4.79. The summed E-state index contributed by atoms with van der Waals surface area (Å²) in [5.74, 6) is -1.84. The van der Waals surface area contributed by atoms with E-state index in [1.807, 2.05) is 6.07 Å². The van der Waals surface area contributed by atoms with Gasteiger partial charge in [-0.25, -0.2) is 0 Å². The molecule has 0 aromatic heterocycles. The second kappa shape index (κ2) is 3.83. The van der Waals surface area contributed by atoms with Crippen LogP contribution < -0.4 is 0 Å². The molecule has 2 rings (SSSR count). The summed E-state index contributed by atoms with van der Waals surface area (Å²) in [4.78, 5) is 11.0. The van der Waals surface area contributed by atoms with E-state index in [1.165, 1.54) is 0 Å². The van der Waals surface area contributed by atoms with Crippen LogP contribution >= 0.6 is 11.6 Å². The first-order chi connectivity index (χ1) is 7.09. The van der Waals surface area contributed by atoms with Crippen molar-refractivity contribution >= 4 is 17.6 Å². The summed E-state index contributed by atoms with van der Waals surface area (Å²) >= 11 is 5.82. The largest absolute Gasteiger partial charge is 0.481 e. The number of halogens is 1. The van der Waals surface area contributed by atoms with Crippen LogP contribution in [0.3, 0.4) is 0 Å². The fourth-order valence-electron chi connectivity index (χ4n) is 2.06. The average molecular weight is 227 g/mol. The Kier molecular flexibility index (Phi) is 2.67. The Morgan fingerprint density at radius 1 is 1.47 bits per heavy atom. The molecule has 3 nitrogen and oxygen atoms in total. The first-order valence-corrected chi connectivity index (χ1v) is 5.16. The minimum absolute atomic E-state index is 0.492. The molecule has 0 radical (unpaired) electrons. The molecule has 0 saturated heterocycles. The van der Waals surface area contributed by atoms with Crippen LogP contribution in [0.1, 0.15) is 23.5 Å². The molecule has 2 N–H and O–H groups in total. The van der Waals surface area contributed by atoms with Crippen molar-refractivity contribution in [2.45, 2.75) is 24.9 Å². The lowest BCUT2D eigenvalue weighted by molar-refractivity contribution is -0.142. The van der Waals surface area contributed by atoms with E-state index in [4.69, 9.17) is 16.7 Å². The van der Waals surface area contributed by atoms with E-state index in [9.17, 15) is 9.90 Å². The van der Waals surface area contributed by atoms with Crippen LogP contribution in [0.15, 0.2) is 18.2 Å². The van der Waals surface area contributed by atoms with Gasteiger partial charge in [0.05, 0.1) is 6.10 Å². The summed E-state index contributed by atoms with van der Waals surface area (Å²) in [5, 5.41) is 19.2. The first kappa shape index (κ1) is 10.5. The molecule has 0 saturated carbocycles. The zero-order chi connectivity index (χ0) is 11.0. The van der Waals surface area contributed by atoms with Gasteiger partial charge in [-0.1, -0.05) is 17.7 Å². The Hall–Kier alpha value is -1.06. The number of carbonyl (C=O) groups is 1. The number of rotatable bonds is 1. The molecule has 15 heavy (non-hydrogen) atoms. The van der Waals surface area contributed by atoms with Crippen molar-refractivity contribution in [3.63, 3.8) is 0 Å². The number of aliphatic hydroxyl groups is 1. The molecular formula is C11H11ClO3. The lowest BCUT2D eigenvalue weighted by Gasteiger charge is -2.27. The highest BCUT2D eigenvalue weighted by Gasteiger charge is 2.33. The number of carboxylic acids is 1. The fourth-order valence-corrected chi connectivity index (χ4v) is 2.24. The van der Waals surface area contributed by atoms with E-state index in [0.29, 0.717) is 23.4 Å². The Bertz CT molecular complexity index is 403. The Labute approximate surface area is 92.3 Å². The predicted octanol–water partition coefficient (Wildman–Crippen LogP) is 1.82. The minimum atomic E-state index is -0.995. The highest BCUT2D eigenvalue weighted by Crippen LogP contribution is 2.33. The van der Waals surface area contributed by atoms with Crippen LogP contribution in [0.5, 0.6) is 0 Å². The van der Waals surface area contributed by atoms with Crippen LogP contribution in [0.4, 0.5) is 0 Å². The maximum absolute atomic E-state index is 11.0. The van der Waals surface area contributed by atoms with Crippen LogP contribution in [0, 0.1) is 0 Å². The van der Waals surface area contributed by atoms with Crippen LogP contribution in [0.2, 0.25) is 5.02 Å². The Morgan fingerprint density at radius 2 is 2.20 bits per heavy atom. The van der Waals surface area contributed by atoms with Gasteiger partial charge in [-0.15, -0.1) is 0 Å². The molecule has 0 spiro atoms. The molecule has 1 aromatic carbocycles. The normalized spacial score (nSPS) is 24.7. The van der Waals surface area contributed by atoms with Crippen molar-refractivity contribution in [3.8, 4) is 0 Å². The van der Waals surface area contributed by atoms with Crippen molar-refractivity contribution in [1.82, 2.24) is 0 Å². The molecule has 0 fully saturated rings. The Balaban J connectivity index is 2.50. The van der Waals surface area contributed by atoms with Crippen molar-refractivity contribution in [2.24, 2.45) is 0 Å². The van der Waals surface area contributed by atoms with Crippen LogP contribution in [-0.4, -0.2) is 22.3 Å². The molecule has 80 valence electrons. The van der Waals surface area contributed by atoms with Gasteiger partial charge in [-0.3, -0.25) is 4.79 Å². The highest BCUT2D eigenvalue weighted by molar-refractivity contribution is 6.30. The van der Waals surface area contributed by atoms with Gasteiger partial charge < -0.3 is 10.2 Å². The van der Waals surface area contributed by atoms with E-state index in [0.717, 1.165) is 5.56 Å². The minimum Gasteiger partial charge on any atom is -0.481 e. The molecule has 1 aliphatic rings. The zero-order valence-corrected chi connectivity index (χ0v) is 8.74. The Morgan fingerprint density at radius 3 is 2.87 bits per heavy atom. The van der Waals surface area contributed by atoms with Gasteiger partial charge in [0.1, 0.15) is 5.92 Å². The van der Waals surface area contributed by atoms with Crippen molar-refractivity contribution in [3.05, 3.63) is 34.3 Å². The van der Waals surface area contributed by atoms with Gasteiger partial charge in [-0.2, -0.15) is 0 Å². The third-order valence-corrected chi connectivity index (χ3v) is 3.04. The SMILES string of the molecule is O=C(O)C1c2cc(Cl)ccc2CCC1O. The van der Waals surface area contributed by atoms with Crippen LogP contribution in [0.25, 0.3) is 0 Å². The van der Waals surface area contributed by atoms with Crippen molar-refractivity contribution in [1.29, 1.82) is 0 Å². The topological polar surface area (TPSA) is 57.5 Å². The third kappa shape index (κ3) is 1.85. The van der Waals surface area contributed by atoms with Crippen molar-refractivity contribution in [2.75, 3.05) is 0 Å². The van der Waals surface area contributed by atoms with E-state index in [2.05, 4.69) is 0 Å². The maximum Gasteiger partial charge on any atom is 0.313 e. The molecule has 4 heteroatoms. The second-order valence-electron chi connectivity index (χ2n) is 3.77. The third-order valence-electron chi connectivity index (χ3n) is 2.80. The van der Waals surface area contributed by atoms with E-state index in [-0.39, 0.29) is 0 Å². The standard InChI is InChI=1S/C11H11ClO3/c12-7-3-1-6-2-4-9(13)10(11(14)15)8(6)5-7/h1,3,5,9-10,13H,2,4H2,(H,14,15). The van der Waals surface area contributed by atoms with Crippen LogP contribution in [-0.2, 0) is 11.2 Å². The van der Waals surface area contributed by atoms with Gasteiger partial charge >= 0.3 is 5.97 Å². The number of fused-ring (bicyclic) bond motifs is 1. The molecule has 2 atom stereocenters. The average Bonchev–Trinajstić information content (AvgIpc) is 2.16. The number of carboxylic acid groups (broad SMARTS) is 1. The van der Waals surface area contributed by atoms with E-state index >= 15 is 0 Å². The summed E-state index contributed by atoms with van der Waals surface area (Å²) in [5.41, 5.74) is 1.62. The van der Waals surface area contributed by atoms with Gasteiger partial charge in [0.2, 0.25) is 0 Å². The number of aliphatic carboxylic acids is 1. The molecule has 2 unspecified atom stereocenters. The monoisotopic (exact) mass is 226 g/mol. The summed E-state index contributed by atoms with van der Waals surface area (Å²) in [6, 6.07) is 5.22. The summed E-state index contributed by atoms with van der Waals surface area (Å²) < 4.78 is 0. The molecule has 0 aliphatic heterocycles. The van der Waals surface area contributed by atoms with Gasteiger partial charge in [-0.05, 0) is 36.1 Å².